The number of aromatic nitrogens is 3. The number of nitrogens with zero attached hydrogens (tertiary/aromatic N) is 4. The molecule has 32 heavy (non-hydrogen) atoms. The van der Waals surface area contributed by atoms with Crippen molar-refractivity contribution in [3.05, 3.63) is 59.4 Å². The molecule has 2 aromatic heterocycles. The van der Waals surface area contributed by atoms with Crippen molar-refractivity contribution >= 4 is 23.3 Å². The fraction of sp³-hybridized carbons (Fsp3) is 0.391. The molecule has 1 atom stereocenters. The summed E-state index contributed by atoms with van der Waals surface area (Å²) in [6.45, 7) is 8.00. The van der Waals surface area contributed by atoms with Crippen LogP contribution in [0.5, 0.6) is 0 Å². The zero-order chi connectivity index (χ0) is 23.3. The minimum Gasteiger partial charge on any atom is -0.424 e. The van der Waals surface area contributed by atoms with Gasteiger partial charge in [0.15, 0.2) is 11.5 Å². The zero-order valence-electron chi connectivity index (χ0n) is 18.5. The highest BCUT2D eigenvalue weighted by Crippen LogP contribution is 2.42. The van der Waals surface area contributed by atoms with Crippen LogP contribution in [0.15, 0.2) is 36.7 Å². The van der Waals surface area contributed by atoms with Crippen molar-refractivity contribution in [1.82, 2.24) is 14.6 Å². The van der Waals surface area contributed by atoms with Gasteiger partial charge in [-0.3, -0.25) is 10.8 Å². The molecule has 0 spiro atoms. The van der Waals surface area contributed by atoms with Crippen molar-refractivity contribution in [1.29, 1.82) is 10.8 Å². The Bertz CT molecular complexity index is 1210. The molecular formula is C23H26F2N6O. The van der Waals surface area contributed by atoms with Gasteiger partial charge < -0.3 is 9.64 Å². The predicted octanol–water partition coefficient (Wildman–Crippen LogP) is 4.89. The average molecular weight is 440 g/mol. The summed E-state index contributed by atoms with van der Waals surface area (Å²) in [6.07, 6.45) is 4.63. The smallest absolute Gasteiger partial charge is 0.226 e. The molecule has 1 aliphatic heterocycles. The van der Waals surface area contributed by atoms with Crippen LogP contribution in [0.4, 0.5) is 14.6 Å². The molecule has 0 unspecified atom stereocenters. The van der Waals surface area contributed by atoms with E-state index in [0.717, 1.165) is 18.6 Å². The maximum atomic E-state index is 14.7. The second kappa shape index (κ2) is 7.65. The average Bonchev–Trinajstić information content (AvgIpc) is 3.32. The molecule has 0 radical (unpaired) electrons. The fourth-order valence-corrected chi connectivity index (χ4v) is 4.00. The lowest BCUT2D eigenvalue weighted by Gasteiger charge is -2.37. The Balaban J connectivity index is 1.72. The topological polar surface area (TPSA) is 90.4 Å². The van der Waals surface area contributed by atoms with Crippen molar-refractivity contribution < 1.29 is 13.5 Å². The van der Waals surface area contributed by atoms with Crippen LogP contribution in [0.25, 0.3) is 5.65 Å². The van der Waals surface area contributed by atoms with Gasteiger partial charge in [0.05, 0.1) is 11.7 Å². The molecule has 1 fully saturated rings. The number of halogens is 2. The van der Waals surface area contributed by atoms with E-state index in [1.54, 1.807) is 12.3 Å². The van der Waals surface area contributed by atoms with Crippen LogP contribution in [-0.2, 0) is 10.3 Å². The lowest BCUT2D eigenvalue weighted by Crippen LogP contribution is -2.40. The molecule has 1 aromatic carbocycles. The molecule has 3 aromatic rings. The Morgan fingerprint density at radius 3 is 2.66 bits per heavy atom. The summed E-state index contributed by atoms with van der Waals surface area (Å²) in [5.74, 6) is -0.621. The molecule has 9 heteroatoms. The largest absolute Gasteiger partial charge is 0.424 e. The van der Waals surface area contributed by atoms with Gasteiger partial charge in [-0.05, 0) is 44.0 Å². The number of benzene rings is 1. The summed E-state index contributed by atoms with van der Waals surface area (Å²) in [7, 11) is 0. The van der Waals surface area contributed by atoms with Crippen molar-refractivity contribution in [2.75, 3.05) is 11.4 Å². The van der Waals surface area contributed by atoms with E-state index in [4.69, 9.17) is 20.5 Å². The highest BCUT2D eigenvalue weighted by molar-refractivity contribution is 6.04. The number of fused-ring (bicyclic) bond motifs is 1. The lowest BCUT2D eigenvalue weighted by atomic mass is 9.88. The fourth-order valence-electron chi connectivity index (χ4n) is 4.00. The number of rotatable bonds is 3. The summed E-state index contributed by atoms with van der Waals surface area (Å²) in [6, 6.07) is 5.29. The van der Waals surface area contributed by atoms with Crippen LogP contribution < -0.4 is 4.90 Å². The summed E-state index contributed by atoms with van der Waals surface area (Å²) >= 11 is 0. The zero-order valence-corrected chi connectivity index (χ0v) is 18.5. The molecule has 0 aliphatic carbocycles. The highest BCUT2D eigenvalue weighted by Gasteiger charge is 2.41. The standard InChI is InChI=1S/C23H26F2N6O/c1-22(2,3)21(27)32-19(26)15-13-28-31-11-8-18(29-20(15)31)30-10-5-9-23(30,4)16-12-14(24)6-7-17(16)25/h6-8,11-13,26-27H,5,9-10H2,1-4H3/t23-/m1/s1. The molecule has 0 saturated carbocycles. The number of hydrogen-bond donors (Lipinski definition) is 2. The minimum atomic E-state index is -0.768. The van der Waals surface area contributed by atoms with Gasteiger partial charge in [0.25, 0.3) is 0 Å². The molecule has 3 heterocycles. The van der Waals surface area contributed by atoms with E-state index in [-0.39, 0.29) is 11.8 Å². The molecule has 7 nitrogen and oxygen atoms in total. The number of hydrogen-bond acceptors (Lipinski definition) is 6. The van der Waals surface area contributed by atoms with Crippen molar-refractivity contribution in [3.63, 3.8) is 0 Å². The lowest BCUT2D eigenvalue weighted by molar-refractivity contribution is 0.420. The van der Waals surface area contributed by atoms with E-state index in [2.05, 4.69) is 5.10 Å². The molecule has 4 rings (SSSR count). The minimum absolute atomic E-state index is 0.0355. The third kappa shape index (κ3) is 3.72. The molecule has 1 saturated heterocycles. The van der Waals surface area contributed by atoms with Gasteiger partial charge in [-0.2, -0.15) is 5.10 Å². The normalized spacial score (nSPS) is 18.9. The van der Waals surface area contributed by atoms with E-state index in [1.807, 2.05) is 32.6 Å². The van der Waals surface area contributed by atoms with Crippen molar-refractivity contribution in [2.24, 2.45) is 5.41 Å². The van der Waals surface area contributed by atoms with E-state index in [0.29, 0.717) is 35.6 Å². The molecule has 168 valence electrons. The van der Waals surface area contributed by atoms with Crippen LogP contribution in [-0.4, -0.2) is 32.9 Å². The van der Waals surface area contributed by atoms with Gasteiger partial charge in [0.2, 0.25) is 5.90 Å². The highest BCUT2D eigenvalue weighted by atomic mass is 19.1. The van der Waals surface area contributed by atoms with E-state index in [1.165, 1.54) is 16.8 Å². The number of anilines is 1. The Morgan fingerprint density at radius 1 is 1.19 bits per heavy atom. The summed E-state index contributed by atoms with van der Waals surface area (Å²) in [5, 5.41) is 20.6. The third-order valence-corrected chi connectivity index (χ3v) is 5.91. The van der Waals surface area contributed by atoms with Gasteiger partial charge >= 0.3 is 0 Å². The van der Waals surface area contributed by atoms with Crippen LogP contribution >= 0.6 is 0 Å². The van der Waals surface area contributed by atoms with Crippen LogP contribution in [0.3, 0.4) is 0 Å². The quantitative estimate of drug-likeness (QED) is 0.448. The van der Waals surface area contributed by atoms with Crippen molar-refractivity contribution in [3.8, 4) is 0 Å². The molecular weight excluding hydrogens is 414 g/mol. The van der Waals surface area contributed by atoms with Gasteiger partial charge in [0, 0.05) is 23.7 Å². The first-order valence-corrected chi connectivity index (χ1v) is 10.4. The monoisotopic (exact) mass is 440 g/mol. The van der Waals surface area contributed by atoms with Crippen molar-refractivity contribution in [2.45, 2.75) is 46.1 Å². The van der Waals surface area contributed by atoms with Crippen LogP contribution in [0, 0.1) is 27.9 Å². The predicted molar refractivity (Wildman–Crippen MR) is 118 cm³/mol. The third-order valence-electron chi connectivity index (χ3n) is 5.91. The SMILES string of the molecule is CC(C)(C)C(=N)OC(=N)c1cnn2ccc(N3CCC[C@]3(C)c3cc(F)ccc3F)nc12. The summed E-state index contributed by atoms with van der Waals surface area (Å²) in [4.78, 5) is 6.66. The van der Waals surface area contributed by atoms with Crippen LogP contribution in [0.1, 0.15) is 51.7 Å². The number of nitrogens with one attached hydrogen (secondary N) is 2. The van der Waals surface area contributed by atoms with E-state index < -0.39 is 22.6 Å². The maximum absolute atomic E-state index is 14.7. The van der Waals surface area contributed by atoms with Gasteiger partial charge in [-0.25, -0.2) is 18.3 Å². The first kappa shape index (κ1) is 21.9. The number of ether oxygens (including phenoxy) is 1. The Kier molecular flexibility index (Phi) is 5.22. The molecule has 2 N–H and O–H groups in total. The Morgan fingerprint density at radius 2 is 1.94 bits per heavy atom. The molecule has 0 bridgehead atoms. The second-order valence-corrected chi connectivity index (χ2v) is 9.28. The first-order chi connectivity index (χ1) is 15.0. The molecule has 0 amide bonds. The van der Waals surface area contributed by atoms with Gasteiger partial charge in [-0.15, -0.1) is 0 Å². The molecule has 1 aliphatic rings. The van der Waals surface area contributed by atoms with Gasteiger partial charge in [-0.1, -0.05) is 20.8 Å². The maximum Gasteiger partial charge on any atom is 0.226 e. The second-order valence-electron chi connectivity index (χ2n) is 9.28. The van der Waals surface area contributed by atoms with Gasteiger partial charge in [0.1, 0.15) is 23.0 Å². The Labute approximate surface area is 185 Å². The summed E-state index contributed by atoms with van der Waals surface area (Å²) < 4.78 is 35.5. The van der Waals surface area contributed by atoms with E-state index in [9.17, 15) is 8.78 Å². The van der Waals surface area contributed by atoms with E-state index >= 15 is 0 Å². The first-order valence-electron chi connectivity index (χ1n) is 10.4. The van der Waals surface area contributed by atoms with Crippen LogP contribution in [0.2, 0.25) is 0 Å². The summed E-state index contributed by atoms with van der Waals surface area (Å²) in [5.41, 5.74) is -0.280. The Hall–Kier alpha value is -3.36.